The number of hydrogen-bond donors (Lipinski definition) is 0. The molecule has 2 heteroatoms. The molecule has 2 aliphatic rings. The molecule has 3 rings (SSSR count). The van der Waals surface area contributed by atoms with Gasteiger partial charge in [0.05, 0.1) is 0 Å². The van der Waals surface area contributed by atoms with Crippen molar-refractivity contribution in [3.05, 3.63) is 29.3 Å². The van der Waals surface area contributed by atoms with Crippen molar-refractivity contribution in [2.45, 2.75) is 56.4 Å². The van der Waals surface area contributed by atoms with E-state index in [0.717, 1.165) is 18.1 Å². The monoisotopic (exact) mass is 308 g/mol. The number of alkyl halides is 1. The van der Waals surface area contributed by atoms with Crippen LogP contribution in [0.1, 0.15) is 43.2 Å². The molecule has 1 aliphatic heterocycles. The van der Waals surface area contributed by atoms with E-state index in [9.17, 15) is 0 Å². The number of rotatable bonds is 2. The quantitative estimate of drug-likeness (QED) is 0.723. The van der Waals surface area contributed by atoms with E-state index in [1.807, 2.05) is 0 Å². The van der Waals surface area contributed by atoms with Crippen molar-refractivity contribution in [1.82, 2.24) is 0 Å². The SMILES string of the molecule is Cc1ccc2c(c1)CC(CC1CCCCC1Br)O2. The van der Waals surface area contributed by atoms with E-state index in [-0.39, 0.29) is 0 Å². The molecule has 0 spiro atoms. The Hall–Kier alpha value is -0.500. The van der Waals surface area contributed by atoms with Crippen molar-refractivity contribution < 1.29 is 4.74 Å². The summed E-state index contributed by atoms with van der Waals surface area (Å²) in [5.74, 6) is 1.92. The summed E-state index contributed by atoms with van der Waals surface area (Å²) in [7, 11) is 0. The molecule has 0 bridgehead atoms. The summed E-state index contributed by atoms with van der Waals surface area (Å²) >= 11 is 3.85. The maximum Gasteiger partial charge on any atom is 0.123 e. The van der Waals surface area contributed by atoms with E-state index in [1.54, 1.807) is 0 Å². The Labute approximate surface area is 118 Å². The van der Waals surface area contributed by atoms with Gasteiger partial charge in [-0.3, -0.25) is 0 Å². The second-order valence-corrected chi connectivity index (χ2v) is 7.03. The molecule has 0 radical (unpaired) electrons. The summed E-state index contributed by atoms with van der Waals surface area (Å²) in [6.45, 7) is 2.16. The second kappa shape index (κ2) is 5.24. The highest BCUT2D eigenvalue weighted by molar-refractivity contribution is 9.09. The molecular weight excluding hydrogens is 288 g/mol. The fraction of sp³-hybridized carbons (Fsp3) is 0.625. The van der Waals surface area contributed by atoms with Crippen LogP contribution in [0.4, 0.5) is 0 Å². The molecular formula is C16H21BrO. The van der Waals surface area contributed by atoms with Crippen LogP contribution in [0, 0.1) is 12.8 Å². The van der Waals surface area contributed by atoms with Crippen LogP contribution in [0.2, 0.25) is 0 Å². The van der Waals surface area contributed by atoms with Crippen molar-refractivity contribution in [1.29, 1.82) is 0 Å². The molecule has 0 amide bonds. The summed E-state index contributed by atoms with van der Waals surface area (Å²) in [5, 5.41) is 0. The Balaban J connectivity index is 1.63. The largest absolute Gasteiger partial charge is 0.490 e. The topological polar surface area (TPSA) is 9.23 Å². The third kappa shape index (κ3) is 2.59. The van der Waals surface area contributed by atoms with Crippen molar-refractivity contribution in [3.63, 3.8) is 0 Å². The molecule has 18 heavy (non-hydrogen) atoms. The Kier molecular flexibility index (Phi) is 3.65. The number of hydrogen-bond acceptors (Lipinski definition) is 1. The molecule has 98 valence electrons. The van der Waals surface area contributed by atoms with Gasteiger partial charge in [-0.15, -0.1) is 0 Å². The average Bonchev–Trinajstić information content (AvgIpc) is 2.73. The van der Waals surface area contributed by atoms with Gasteiger partial charge < -0.3 is 4.74 Å². The maximum atomic E-state index is 6.09. The molecule has 0 N–H and O–H groups in total. The van der Waals surface area contributed by atoms with E-state index in [2.05, 4.69) is 41.1 Å². The van der Waals surface area contributed by atoms with Crippen LogP contribution in [0.25, 0.3) is 0 Å². The third-order valence-corrected chi connectivity index (χ3v) is 5.54. The van der Waals surface area contributed by atoms with Crippen molar-refractivity contribution >= 4 is 15.9 Å². The van der Waals surface area contributed by atoms with E-state index in [4.69, 9.17) is 4.74 Å². The van der Waals surface area contributed by atoms with Crippen molar-refractivity contribution in [2.75, 3.05) is 0 Å². The van der Waals surface area contributed by atoms with Crippen LogP contribution in [0.3, 0.4) is 0 Å². The van der Waals surface area contributed by atoms with E-state index < -0.39 is 0 Å². The Morgan fingerprint density at radius 1 is 1.28 bits per heavy atom. The van der Waals surface area contributed by atoms with Gasteiger partial charge in [0.25, 0.3) is 0 Å². The standard InChI is InChI=1S/C16H21BrO/c1-11-6-7-16-13(8-11)10-14(18-16)9-12-4-2-3-5-15(12)17/h6-8,12,14-15H,2-5,9-10H2,1H3. The summed E-state index contributed by atoms with van der Waals surface area (Å²) in [4.78, 5) is 0.709. The summed E-state index contributed by atoms with van der Waals surface area (Å²) in [6, 6.07) is 6.56. The highest BCUT2D eigenvalue weighted by Crippen LogP contribution is 2.37. The lowest BCUT2D eigenvalue weighted by atomic mass is 9.84. The molecule has 3 atom stereocenters. The number of benzene rings is 1. The molecule has 1 heterocycles. The zero-order chi connectivity index (χ0) is 12.5. The van der Waals surface area contributed by atoms with E-state index >= 15 is 0 Å². The highest BCUT2D eigenvalue weighted by atomic mass is 79.9. The number of fused-ring (bicyclic) bond motifs is 1. The fourth-order valence-electron chi connectivity index (χ4n) is 3.35. The lowest BCUT2D eigenvalue weighted by molar-refractivity contribution is 0.179. The Morgan fingerprint density at radius 3 is 2.94 bits per heavy atom. The normalized spacial score (nSPS) is 30.9. The predicted molar refractivity (Wildman–Crippen MR) is 78.6 cm³/mol. The number of aryl methyl sites for hydroxylation is 1. The second-order valence-electron chi connectivity index (χ2n) is 5.85. The highest BCUT2D eigenvalue weighted by Gasteiger charge is 2.30. The first-order valence-electron chi connectivity index (χ1n) is 7.12. The molecule has 0 aromatic heterocycles. The van der Waals surface area contributed by atoms with Crippen molar-refractivity contribution in [2.24, 2.45) is 5.92 Å². The predicted octanol–water partition coefficient (Wildman–Crippen LogP) is 4.64. The van der Waals surface area contributed by atoms with Crippen LogP contribution in [-0.4, -0.2) is 10.9 Å². The summed E-state index contributed by atoms with van der Waals surface area (Å²) in [6.07, 6.45) is 8.21. The smallest absolute Gasteiger partial charge is 0.123 e. The van der Waals surface area contributed by atoms with Crippen LogP contribution >= 0.6 is 15.9 Å². The molecule has 1 aliphatic carbocycles. The van der Waals surface area contributed by atoms with E-state index in [1.165, 1.54) is 43.2 Å². The molecule has 1 nitrogen and oxygen atoms in total. The average molecular weight is 309 g/mol. The van der Waals surface area contributed by atoms with Gasteiger partial charge in [0.1, 0.15) is 11.9 Å². The fourth-order valence-corrected chi connectivity index (χ4v) is 4.15. The van der Waals surface area contributed by atoms with Gasteiger partial charge >= 0.3 is 0 Å². The van der Waals surface area contributed by atoms with Gasteiger partial charge in [-0.2, -0.15) is 0 Å². The first kappa shape index (κ1) is 12.5. The molecule has 1 saturated carbocycles. The lowest BCUT2D eigenvalue weighted by Crippen LogP contribution is -2.26. The van der Waals surface area contributed by atoms with Gasteiger partial charge in [-0.1, -0.05) is 46.5 Å². The van der Waals surface area contributed by atoms with Gasteiger partial charge in [0.2, 0.25) is 0 Å². The lowest BCUT2D eigenvalue weighted by Gasteiger charge is -2.29. The summed E-state index contributed by atoms with van der Waals surface area (Å²) < 4.78 is 6.09. The minimum absolute atomic E-state index is 0.407. The van der Waals surface area contributed by atoms with Gasteiger partial charge in [0.15, 0.2) is 0 Å². The molecule has 1 fully saturated rings. The first-order valence-corrected chi connectivity index (χ1v) is 8.04. The molecule has 1 aromatic rings. The molecule has 3 unspecified atom stereocenters. The van der Waals surface area contributed by atoms with Gasteiger partial charge in [-0.25, -0.2) is 0 Å². The molecule has 1 aromatic carbocycles. The molecule has 0 saturated heterocycles. The van der Waals surface area contributed by atoms with Crippen LogP contribution in [-0.2, 0) is 6.42 Å². The van der Waals surface area contributed by atoms with Crippen molar-refractivity contribution in [3.8, 4) is 5.75 Å². The third-order valence-electron chi connectivity index (χ3n) is 4.34. The van der Waals surface area contributed by atoms with Crippen LogP contribution < -0.4 is 4.74 Å². The van der Waals surface area contributed by atoms with Gasteiger partial charge in [0, 0.05) is 11.2 Å². The van der Waals surface area contributed by atoms with E-state index in [0.29, 0.717) is 10.9 Å². The number of halogens is 1. The zero-order valence-electron chi connectivity index (χ0n) is 11.0. The van der Waals surface area contributed by atoms with Gasteiger partial charge in [-0.05, 0) is 43.7 Å². The Bertz CT molecular complexity index is 429. The zero-order valence-corrected chi connectivity index (χ0v) is 12.6. The summed E-state index contributed by atoms with van der Waals surface area (Å²) in [5.41, 5.74) is 2.75. The Morgan fingerprint density at radius 2 is 2.11 bits per heavy atom. The maximum absolute atomic E-state index is 6.09. The number of ether oxygens (including phenoxy) is 1. The first-order chi connectivity index (χ1) is 8.72. The minimum atomic E-state index is 0.407. The van der Waals surface area contributed by atoms with Crippen LogP contribution in [0.15, 0.2) is 18.2 Å². The minimum Gasteiger partial charge on any atom is -0.490 e. The van der Waals surface area contributed by atoms with Crippen LogP contribution in [0.5, 0.6) is 5.75 Å².